The number of nitrogens with two attached hydrogens (primary N) is 1. The van der Waals surface area contributed by atoms with Crippen molar-refractivity contribution in [2.24, 2.45) is 5.73 Å². The van der Waals surface area contributed by atoms with Gasteiger partial charge < -0.3 is 10.5 Å². The molecule has 1 aromatic carbocycles. The van der Waals surface area contributed by atoms with Gasteiger partial charge in [-0.05, 0) is 17.9 Å². The Morgan fingerprint density at radius 1 is 1.35 bits per heavy atom. The molecule has 1 fully saturated rings. The number of hydrogen-bond acceptors (Lipinski definition) is 5. The summed E-state index contributed by atoms with van der Waals surface area (Å²) in [5.41, 5.74) is 8.30. The van der Waals surface area contributed by atoms with Crippen molar-refractivity contribution in [3.8, 4) is 10.6 Å². The van der Waals surface area contributed by atoms with E-state index < -0.39 is 0 Å². The second-order valence-electron chi connectivity index (χ2n) is 4.84. The van der Waals surface area contributed by atoms with E-state index in [1.165, 1.54) is 10.5 Å². The zero-order valence-electron chi connectivity index (χ0n) is 11.4. The Morgan fingerprint density at radius 2 is 2.15 bits per heavy atom. The maximum Gasteiger partial charge on any atom is 0.123 e. The van der Waals surface area contributed by atoms with E-state index in [0.29, 0.717) is 13.2 Å². The van der Waals surface area contributed by atoms with Crippen molar-refractivity contribution in [1.29, 1.82) is 0 Å². The average molecular weight is 306 g/mol. The summed E-state index contributed by atoms with van der Waals surface area (Å²) in [6.07, 6.45) is 0. The highest BCUT2D eigenvalue weighted by Gasteiger charge is 2.28. The minimum absolute atomic E-state index is 0.0771. The summed E-state index contributed by atoms with van der Waals surface area (Å²) in [5, 5.41) is 3.18. The first-order valence-electron chi connectivity index (χ1n) is 6.80. The molecule has 1 saturated heterocycles. The summed E-state index contributed by atoms with van der Waals surface area (Å²) in [5.74, 6) is 1.34. The van der Waals surface area contributed by atoms with Crippen LogP contribution in [0, 0.1) is 0 Å². The number of thiazole rings is 1. The van der Waals surface area contributed by atoms with E-state index in [4.69, 9.17) is 15.5 Å². The third-order valence-electron chi connectivity index (χ3n) is 3.44. The van der Waals surface area contributed by atoms with Crippen LogP contribution < -0.4 is 5.73 Å². The molecule has 0 saturated carbocycles. The summed E-state index contributed by atoms with van der Waals surface area (Å²) in [6.45, 7) is 3.50. The number of rotatable bonds is 4. The molecule has 0 bridgehead atoms. The first-order chi connectivity index (χ1) is 9.78. The van der Waals surface area contributed by atoms with Crippen molar-refractivity contribution in [3.63, 3.8) is 0 Å². The number of thioether (sulfide) groups is 1. The van der Waals surface area contributed by atoms with Gasteiger partial charge in [0.2, 0.25) is 0 Å². The number of hydrogen-bond donors (Lipinski definition) is 1. The van der Waals surface area contributed by atoms with Crippen molar-refractivity contribution in [2.75, 3.05) is 19.0 Å². The molecular weight excluding hydrogens is 288 g/mol. The number of nitrogens with zero attached hydrogens (tertiary/aromatic N) is 1. The predicted molar refractivity (Wildman–Crippen MR) is 85.5 cm³/mol. The second-order valence-corrected chi connectivity index (χ2v) is 7.04. The van der Waals surface area contributed by atoms with Crippen LogP contribution in [-0.4, -0.2) is 30.0 Å². The summed E-state index contributed by atoms with van der Waals surface area (Å²) in [6, 6.07) is 8.69. The van der Waals surface area contributed by atoms with Crippen LogP contribution in [0.3, 0.4) is 0 Å². The van der Waals surface area contributed by atoms with Crippen molar-refractivity contribution in [1.82, 2.24) is 4.98 Å². The molecule has 2 aromatic rings. The van der Waals surface area contributed by atoms with Gasteiger partial charge in [0.15, 0.2) is 0 Å². The lowest BCUT2D eigenvalue weighted by molar-refractivity contribution is 0.190. The van der Waals surface area contributed by atoms with Crippen molar-refractivity contribution in [3.05, 3.63) is 35.3 Å². The van der Waals surface area contributed by atoms with E-state index in [-0.39, 0.29) is 12.0 Å². The number of ether oxygens (including phenoxy) is 1. The summed E-state index contributed by atoms with van der Waals surface area (Å²) in [7, 11) is 0. The molecule has 2 heterocycles. The van der Waals surface area contributed by atoms with Gasteiger partial charge in [-0.3, -0.25) is 0 Å². The van der Waals surface area contributed by atoms with Crippen LogP contribution in [0.1, 0.15) is 18.5 Å². The topological polar surface area (TPSA) is 48.1 Å². The third-order valence-corrected chi connectivity index (χ3v) is 5.24. The van der Waals surface area contributed by atoms with Crippen LogP contribution >= 0.6 is 23.1 Å². The van der Waals surface area contributed by atoms with Crippen LogP contribution in [0.5, 0.6) is 0 Å². The molecule has 20 heavy (non-hydrogen) atoms. The highest BCUT2D eigenvalue weighted by Crippen LogP contribution is 2.31. The fourth-order valence-electron chi connectivity index (χ4n) is 2.33. The first-order valence-corrected chi connectivity index (χ1v) is 8.66. The van der Waals surface area contributed by atoms with Crippen molar-refractivity contribution in [2.45, 2.75) is 23.8 Å². The van der Waals surface area contributed by atoms with E-state index in [2.05, 4.69) is 36.6 Å². The molecule has 3 nitrogen and oxygen atoms in total. The van der Waals surface area contributed by atoms with Gasteiger partial charge in [-0.25, -0.2) is 4.98 Å². The standard InChI is InChI=1S/C15H18N2OS2/c1-2-19-11-5-3-10(4-6-11)15-17-14(9-20-15)12-7-18-8-13(12)16/h3-6,9,12-13H,2,7-8,16H2,1H3. The smallest absolute Gasteiger partial charge is 0.123 e. The zero-order valence-corrected chi connectivity index (χ0v) is 13.0. The predicted octanol–water partition coefficient (Wildman–Crippen LogP) is 3.36. The van der Waals surface area contributed by atoms with E-state index >= 15 is 0 Å². The molecule has 3 rings (SSSR count). The molecule has 0 radical (unpaired) electrons. The minimum atomic E-state index is 0.0771. The van der Waals surface area contributed by atoms with Crippen LogP contribution in [0.2, 0.25) is 0 Å². The molecule has 106 valence electrons. The molecule has 1 aliphatic heterocycles. The largest absolute Gasteiger partial charge is 0.379 e. The first kappa shape index (κ1) is 14.1. The Morgan fingerprint density at radius 3 is 2.80 bits per heavy atom. The summed E-state index contributed by atoms with van der Waals surface area (Å²) < 4.78 is 5.42. The van der Waals surface area contributed by atoms with Gasteiger partial charge in [-0.2, -0.15) is 0 Å². The number of aromatic nitrogens is 1. The Balaban J connectivity index is 1.79. The van der Waals surface area contributed by atoms with E-state index in [9.17, 15) is 0 Å². The Hall–Kier alpha value is -0.880. The maximum atomic E-state index is 6.05. The highest BCUT2D eigenvalue weighted by molar-refractivity contribution is 7.99. The third kappa shape index (κ3) is 2.91. The molecule has 1 aromatic heterocycles. The Kier molecular flexibility index (Phi) is 4.41. The minimum Gasteiger partial charge on any atom is -0.379 e. The molecule has 0 aliphatic carbocycles. The molecule has 2 unspecified atom stereocenters. The monoisotopic (exact) mass is 306 g/mol. The van der Waals surface area contributed by atoms with Gasteiger partial charge in [0.25, 0.3) is 0 Å². The van der Waals surface area contributed by atoms with Gasteiger partial charge in [-0.15, -0.1) is 23.1 Å². The molecule has 5 heteroatoms. The Bertz CT molecular complexity index is 568. The van der Waals surface area contributed by atoms with Gasteiger partial charge in [0.05, 0.1) is 18.9 Å². The number of benzene rings is 1. The fraction of sp³-hybridized carbons (Fsp3) is 0.400. The molecule has 0 amide bonds. The maximum absolute atomic E-state index is 6.05. The molecule has 1 aliphatic rings. The quantitative estimate of drug-likeness (QED) is 0.880. The molecule has 2 N–H and O–H groups in total. The van der Waals surface area contributed by atoms with Crippen molar-refractivity contribution < 1.29 is 4.74 Å². The summed E-state index contributed by atoms with van der Waals surface area (Å²) in [4.78, 5) is 6.05. The zero-order chi connectivity index (χ0) is 13.9. The lowest BCUT2D eigenvalue weighted by Crippen LogP contribution is -2.26. The van der Waals surface area contributed by atoms with Gasteiger partial charge in [-0.1, -0.05) is 19.1 Å². The average Bonchev–Trinajstić information content (AvgIpc) is 3.08. The van der Waals surface area contributed by atoms with Gasteiger partial charge >= 0.3 is 0 Å². The molecular formula is C15H18N2OS2. The van der Waals surface area contributed by atoms with Crippen LogP contribution in [0.15, 0.2) is 34.5 Å². The van der Waals surface area contributed by atoms with E-state index in [1.54, 1.807) is 11.3 Å². The normalized spacial score (nSPS) is 22.3. The van der Waals surface area contributed by atoms with Gasteiger partial charge in [0, 0.05) is 27.8 Å². The second kappa shape index (κ2) is 6.26. The molecule has 0 spiro atoms. The van der Waals surface area contributed by atoms with Gasteiger partial charge in [0.1, 0.15) is 5.01 Å². The molecule has 2 atom stereocenters. The lowest BCUT2D eigenvalue weighted by Gasteiger charge is -2.09. The van der Waals surface area contributed by atoms with Crippen LogP contribution in [0.4, 0.5) is 0 Å². The SMILES string of the molecule is CCSc1ccc(-c2nc(C3COCC3N)cs2)cc1. The fourth-order valence-corrected chi connectivity index (χ4v) is 3.88. The van der Waals surface area contributed by atoms with Crippen LogP contribution in [0.25, 0.3) is 10.6 Å². The van der Waals surface area contributed by atoms with E-state index in [1.807, 2.05) is 11.8 Å². The van der Waals surface area contributed by atoms with Crippen molar-refractivity contribution >= 4 is 23.1 Å². The highest BCUT2D eigenvalue weighted by atomic mass is 32.2. The van der Waals surface area contributed by atoms with Crippen LogP contribution in [-0.2, 0) is 4.74 Å². The Labute approximate surface area is 127 Å². The van der Waals surface area contributed by atoms with E-state index in [0.717, 1.165) is 16.5 Å². The lowest BCUT2D eigenvalue weighted by atomic mass is 10.0. The summed E-state index contributed by atoms with van der Waals surface area (Å²) >= 11 is 3.54.